The zero-order chi connectivity index (χ0) is 20.9. The van der Waals surface area contributed by atoms with Crippen molar-refractivity contribution < 1.29 is 9.53 Å². The fourth-order valence-electron chi connectivity index (χ4n) is 3.38. The van der Waals surface area contributed by atoms with Gasteiger partial charge in [-0.15, -0.1) is 0 Å². The molecular weight excluding hydrogens is 384 g/mol. The maximum Gasteiger partial charge on any atom is 0.261 e. The quantitative estimate of drug-likeness (QED) is 0.650. The molecule has 1 aliphatic heterocycles. The number of nitrogens with one attached hydrogen (secondary N) is 1. The van der Waals surface area contributed by atoms with Crippen molar-refractivity contribution >= 4 is 22.8 Å². The second-order valence-electron chi connectivity index (χ2n) is 7.19. The smallest absolute Gasteiger partial charge is 0.261 e. The number of hydrogen-bond donors (Lipinski definition) is 1. The molecule has 1 N–H and O–H groups in total. The van der Waals surface area contributed by atoms with Crippen LogP contribution in [0.5, 0.6) is 0 Å². The molecular formula is C21H24N6O3. The number of ether oxygens (including phenoxy) is 1. The number of nitrogens with zero attached hydrogens (tertiary/aromatic N) is 5. The molecule has 4 rings (SSSR count). The van der Waals surface area contributed by atoms with Gasteiger partial charge in [0.25, 0.3) is 5.56 Å². The Morgan fingerprint density at radius 2 is 2.00 bits per heavy atom. The normalized spacial score (nSPS) is 14.1. The Hall–Kier alpha value is -3.33. The van der Waals surface area contributed by atoms with Crippen molar-refractivity contribution in [2.45, 2.75) is 26.4 Å². The first kappa shape index (κ1) is 20.0. The van der Waals surface area contributed by atoms with Crippen molar-refractivity contribution in [3.8, 4) is 0 Å². The zero-order valence-corrected chi connectivity index (χ0v) is 16.9. The van der Waals surface area contributed by atoms with Gasteiger partial charge in [-0.1, -0.05) is 12.1 Å². The third kappa shape index (κ3) is 4.62. The fourth-order valence-corrected chi connectivity index (χ4v) is 3.38. The van der Waals surface area contributed by atoms with Crippen LogP contribution in [-0.2, 0) is 22.6 Å². The first-order chi connectivity index (χ1) is 14.6. The number of morpholine rings is 1. The molecule has 0 bridgehead atoms. The molecule has 0 unspecified atom stereocenters. The zero-order valence-electron chi connectivity index (χ0n) is 16.9. The Kier molecular flexibility index (Phi) is 5.99. The van der Waals surface area contributed by atoms with Crippen LogP contribution < -0.4 is 15.8 Å². The van der Waals surface area contributed by atoms with Crippen LogP contribution in [-0.4, -0.2) is 51.7 Å². The second kappa shape index (κ2) is 9.00. The molecule has 9 nitrogen and oxygen atoms in total. The third-order valence-electron chi connectivity index (χ3n) is 4.97. The number of anilines is 1. The van der Waals surface area contributed by atoms with E-state index in [4.69, 9.17) is 4.74 Å². The summed E-state index contributed by atoms with van der Waals surface area (Å²) in [5, 5.41) is 3.42. The summed E-state index contributed by atoms with van der Waals surface area (Å²) in [5.41, 5.74) is 2.11. The number of carbonyl (C=O) groups excluding carboxylic acids is 1. The molecule has 0 atom stereocenters. The number of aryl methyl sites for hydroxylation is 2. The highest BCUT2D eigenvalue weighted by Crippen LogP contribution is 2.12. The van der Waals surface area contributed by atoms with Gasteiger partial charge in [0.1, 0.15) is 0 Å². The number of aromatic nitrogens is 4. The average molecular weight is 408 g/mol. The first-order valence-electron chi connectivity index (χ1n) is 9.98. The van der Waals surface area contributed by atoms with Crippen molar-refractivity contribution in [1.29, 1.82) is 0 Å². The van der Waals surface area contributed by atoms with Crippen molar-refractivity contribution in [2.75, 3.05) is 31.2 Å². The van der Waals surface area contributed by atoms with Crippen molar-refractivity contribution in [2.24, 2.45) is 0 Å². The van der Waals surface area contributed by atoms with Gasteiger partial charge in [0.15, 0.2) is 0 Å². The number of benzene rings is 1. The predicted molar refractivity (Wildman–Crippen MR) is 112 cm³/mol. The lowest BCUT2D eigenvalue weighted by molar-refractivity contribution is -0.121. The average Bonchev–Trinajstić information content (AvgIpc) is 2.78. The molecule has 1 aromatic carbocycles. The Morgan fingerprint density at radius 3 is 2.83 bits per heavy atom. The van der Waals surface area contributed by atoms with Gasteiger partial charge in [-0.05, 0) is 25.1 Å². The molecule has 1 aliphatic rings. The SMILES string of the molecule is Cc1cc(CNC(=O)CCn2cnc3ccccc3c2=O)nc(N2CCOCC2)n1. The number of fused-ring (bicyclic) bond motifs is 1. The van der Waals surface area contributed by atoms with E-state index in [-0.39, 0.29) is 24.4 Å². The maximum absolute atomic E-state index is 12.5. The summed E-state index contributed by atoms with van der Waals surface area (Å²) in [6.45, 7) is 5.32. The molecule has 9 heteroatoms. The standard InChI is InChI=1S/C21H24N6O3/c1-15-12-16(25-21(24-15)26-8-10-30-11-9-26)13-22-19(28)6-7-27-14-23-18-5-3-2-4-17(18)20(27)29/h2-5,12,14H,6-11,13H2,1H3,(H,22,28). The Morgan fingerprint density at radius 1 is 1.20 bits per heavy atom. The van der Waals surface area contributed by atoms with E-state index in [0.717, 1.165) is 24.5 Å². The summed E-state index contributed by atoms with van der Waals surface area (Å²) >= 11 is 0. The molecule has 2 aromatic heterocycles. The predicted octanol–water partition coefficient (Wildman–Crippen LogP) is 1.04. The van der Waals surface area contributed by atoms with Crippen LogP contribution >= 0.6 is 0 Å². The topological polar surface area (TPSA) is 102 Å². The molecule has 3 heterocycles. The first-order valence-corrected chi connectivity index (χ1v) is 9.98. The minimum absolute atomic E-state index is 0.144. The van der Waals surface area contributed by atoms with Crippen molar-refractivity contribution in [3.63, 3.8) is 0 Å². The Bertz CT molecular complexity index is 1110. The van der Waals surface area contributed by atoms with E-state index in [2.05, 4.69) is 25.2 Å². The minimum atomic E-state index is -0.153. The summed E-state index contributed by atoms with van der Waals surface area (Å²) in [6, 6.07) is 9.04. The van der Waals surface area contributed by atoms with Gasteiger partial charge >= 0.3 is 0 Å². The van der Waals surface area contributed by atoms with E-state index >= 15 is 0 Å². The molecule has 0 spiro atoms. The molecule has 0 radical (unpaired) electrons. The van der Waals surface area contributed by atoms with Crippen LogP contribution in [0.4, 0.5) is 5.95 Å². The molecule has 1 fully saturated rings. The molecule has 156 valence electrons. The van der Waals surface area contributed by atoms with Crippen LogP contribution in [0.15, 0.2) is 41.5 Å². The van der Waals surface area contributed by atoms with Gasteiger partial charge in [-0.2, -0.15) is 0 Å². The van der Waals surface area contributed by atoms with Gasteiger partial charge in [-0.25, -0.2) is 15.0 Å². The monoisotopic (exact) mass is 408 g/mol. The summed E-state index contributed by atoms with van der Waals surface area (Å²) in [7, 11) is 0. The maximum atomic E-state index is 12.5. The second-order valence-corrected chi connectivity index (χ2v) is 7.19. The van der Waals surface area contributed by atoms with E-state index < -0.39 is 0 Å². The highest BCUT2D eigenvalue weighted by Gasteiger charge is 2.15. The van der Waals surface area contributed by atoms with Gasteiger partial charge in [0, 0.05) is 31.7 Å². The van der Waals surface area contributed by atoms with Gasteiger partial charge < -0.3 is 15.0 Å². The number of rotatable bonds is 6. The molecule has 3 aromatic rings. The lowest BCUT2D eigenvalue weighted by atomic mass is 10.2. The van der Waals surface area contributed by atoms with E-state index in [1.807, 2.05) is 19.1 Å². The van der Waals surface area contributed by atoms with Crippen molar-refractivity contribution in [1.82, 2.24) is 24.8 Å². The lowest BCUT2D eigenvalue weighted by Crippen LogP contribution is -2.37. The highest BCUT2D eigenvalue weighted by molar-refractivity contribution is 5.77. The van der Waals surface area contributed by atoms with Crippen LogP contribution in [0.3, 0.4) is 0 Å². The summed E-state index contributed by atoms with van der Waals surface area (Å²) in [4.78, 5) is 40.3. The van der Waals surface area contributed by atoms with Gasteiger partial charge in [-0.3, -0.25) is 14.2 Å². The Balaban J connectivity index is 1.35. The molecule has 1 amide bonds. The number of amides is 1. The highest BCUT2D eigenvalue weighted by atomic mass is 16.5. The van der Waals surface area contributed by atoms with E-state index in [0.29, 0.717) is 36.6 Å². The van der Waals surface area contributed by atoms with Gasteiger partial charge in [0.05, 0.1) is 42.7 Å². The third-order valence-corrected chi connectivity index (χ3v) is 4.97. The van der Waals surface area contributed by atoms with Crippen LogP contribution in [0, 0.1) is 6.92 Å². The van der Waals surface area contributed by atoms with E-state index in [9.17, 15) is 9.59 Å². The lowest BCUT2D eigenvalue weighted by Gasteiger charge is -2.27. The molecule has 30 heavy (non-hydrogen) atoms. The van der Waals surface area contributed by atoms with Crippen LogP contribution in [0.2, 0.25) is 0 Å². The largest absolute Gasteiger partial charge is 0.378 e. The van der Waals surface area contributed by atoms with E-state index in [1.165, 1.54) is 10.9 Å². The molecule has 0 aliphatic carbocycles. The fraction of sp³-hybridized carbons (Fsp3) is 0.381. The number of carbonyl (C=O) groups is 1. The summed E-state index contributed by atoms with van der Waals surface area (Å²) < 4.78 is 6.84. The minimum Gasteiger partial charge on any atom is -0.378 e. The number of hydrogen-bond acceptors (Lipinski definition) is 7. The summed E-state index contributed by atoms with van der Waals surface area (Å²) in [6.07, 6.45) is 1.67. The van der Waals surface area contributed by atoms with Crippen LogP contribution in [0.1, 0.15) is 17.8 Å². The molecule has 0 saturated carbocycles. The number of para-hydroxylation sites is 1. The van der Waals surface area contributed by atoms with Crippen LogP contribution in [0.25, 0.3) is 10.9 Å². The van der Waals surface area contributed by atoms with E-state index in [1.54, 1.807) is 18.2 Å². The van der Waals surface area contributed by atoms with Gasteiger partial charge in [0.2, 0.25) is 11.9 Å². The van der Waals surface area contributed by atoms with Crippen molar-refractivity contribution in [3.05, 3.63) is 58.4 Å². The molecule has 1 saturated heterocycles. The Labute approximate surface area is 173 Å². The summed E-state index contributed by atoms with van der Waals surface area (Å²) in [5.74, 6) is 0.510.